The van der Waals surface area contributed by atoms with Gasteiger partial charge in [-0.1, -0.05) is 0 Å². The van der Waals surface area contributed by atoms with E-state index in [0.29, 0.717) is 0 Å². The highest BCUT2D eigenvalue weighted by Crippen LogP contribution is 1.95. The number of hydrogen-bond donors (Lipinski definition) is 1. The summed E-state index contributed by atoms with van der Waals surface area (Å²) >= 11 is 0. The first-order valence-corrected chi connectivity index (χ1v) is 3.42. The predicted octanol–water partition coefficient (Wildman–Crippen LogP) is 0.117. The van der Waals surface area contributed by atoms with Crippen LogP contribution in [0.15, 0.2) is 21.9 Å². The second-order valence-corrected chi connectivity index (χ2v) is 2.62. The van der Waals surface area contributed by atoms with Crippen LogP contribution in [0, 0.1) is 0 Å². The van der Waals surface area contributed by atoms with Crippen molar-refractivity contribution in [3.8, 4) is 0 Å². The molecule has 0 aromatic carbocycles. The molecule has 0 saturated heterocycles. The summed E-state index contributed by atoms with van der Waals surface area (Å²) in [7, 11) is 0. The summed E-state index contributed by atoms with van der Waals surface area (Å²) in [4.78, 5) is 21.4. The third kappa shape index (κ3) is 1.58. The van der Waals surface area contributed by atoms with Crippen LogP contribution in [0.4, 0.5) is 0 Å². The van der Waals surface area contributed by atoms with Crippen LogP contribution in [0.5, 0.6) is 0 Å². The van der Waals surface area contributed by atoms with E-state index in [9.17, 15) is 9.59 Å². The molecule has 1 heterocycles. The van der Waals surface area contributed by atoms with Gasteiger partial charge in [0.15, 0.2) is 0 Å². The van der Waals surface area contributed by atoms with Crippen molar-refractivity contribution in [2.45, 2.75) is 19.9 Å². The maximum absolute atomic E-state index is 10.8. The van der Waals surface area contributed by atoms with Crippen molar-refractivity contribution in [2.75, 3.05) is 0 Å². The second-order valence-electron chi connectivity index (χ2n) is 2.62. The molecule has 0 amide bonds. The normalized spacial score (nSPS) is 10.5. The quantitative estimate of drug-likeness (QED) is 0.584. The Balaban J connectivity index is 3.27. The van der Waals surface area contributed by atoms with Gasteiger partial charge < -0.3 is 0 Å². The summed E-state index contributed by atoms with van der Waals surface area (Å²) in [5.41, 5.74) is -1.07. The molecule has 0 aliphatic heterocycles. The number of hydrogen-bond acceptors (Lipinski definition) is 2. The summed E-state index contributed by atoms with van der Waals surface area (Å²) in [5, 5.41) is 2.42. The van der Waals surface area contributed by atoms with Crippen molar-refractivity contribution in [3.05, 3.63) is 32.8 Å². The summed E-state index contributed by atoms with van der Waals surface area (Å²) in [5.74, 6) is 0. The Hall–Kier alpha value is -1.32. The van der Waals surface area contributed by atoms with Gasteiger partial charge in [-0.2, -0.15) is 0 Å². The molecule has 4 nitrogen and oxygen atoms in total. The summed E-state index contributed by atoms with van der Waals surface area (Å²) in [6, 6.07) is 1.43. The molecule has 1 rings (SSSR count). The molecule has 4 heteroatoms. The fourth-order valence-electron chi connectivity index (χ4n) is 0.735. The smallest absolute Gasteiger partial charge is 0.290 e. The van der Waals surface area contributed by atoms with Crippen LogP contribution in [0.2, 0.25) is 0 Å². The highest BCUT2D eigenvalue weighted by Gasteiger charge is 1.96. The van der Waals surface area contributed by atoms with Gasteiger partial charge in [0, 0.05) is 18.3 Å². The van der Waals surface area contributed by atoms with Gasteiger partial charge >= 0.3 is 5.56 Å². The molecule has 0 aliphatic carbocycles. The standard InChI is InChI=1S/C7H10N2O2/c1-5(2)9-4-3-6(10)7(11)8-9/h3-5H,1-2H3,(H,8,11). The number of aromatic nitrogens is 2. The van der Waals surface area contributed by atoms with Crippen molar-refractivity contribution in [1.82, 2.24) is 9.78 Å². The Morgan fingerprint density at radius 3 is 2.55 bits per heavy atom. The topological polar surface area (TPSA) is 54.9 Å². The molecule has 0 spiro atoms. The minimum absolute atomic E-state index is 0.170. The highest BCUT2D eigenvalue weighted by atomic mass is 16.2. The van der Waals surface area contributed by atoms with Gasteiger partial charge in [-0.15, -0.1) is 0 Å². The Morgan fingerprint density at radius 2 is 2.09 bits per heavy atom. The van der Waals surface area contributed by atoms with E-state index in [0.717, 1.165) is 0 Å². The zero-order valence-electron chi connectivity index (χ0n) is 6.50. The summed E-state index contributed by atoms with van der Waals surface area (Å²) in [6.07, 6.45) is 1.56. The Labute approximate surface area is 63.5 Å². The van der Waals surface area contributed by atoms with Gasteiger partial charge in [-0.05, 0) is 13.8 Å². The number of nitrogens with zero attached hydrogens (tertiary/aromatic N) is 1. The number of rotatable bonds is 1. The van der Waals surface area contributed by atoms with E-state index < -0.39 is 11.0 Å². The van der Waals surface area contributed by atoms with E-state index >= 15 is 0 Å². The van der Waals surface area contributed by atoms with Gasteiger partial charge in [0.05, 0.1) is 0 Å². The minimum Gasteiger partial charge on any atom is -0.290 e. The SMILES string of the molecule is CC(C)n1ccc(=O)c(=O)[nH]1. The van der Waals surface area contributed by atoms with Crippen molar-refractivity contribution in [2.24, 2.45) is 0 Å². The van der Waals surface area contributed by atoms with Crippen molar-refractivity contribution in [1.29, 1.82) is 0 Å². The zero-order valence-corrected chi connectivity index (χ0v) is 6.50. The lowest BCUT2D eigenvalue weighted by Crippen LogP contribution is -2.30. The first kappa shape index (κ1) is 7.78. The van der Waals surface area contributed by atoms with Gasteiger partial charge in [0.25, 0.3) is 0 Å². The lowest BCUT2D eigenvalue weighted by atomic mass is 10.4. The van der Waals surface area contributed by atoms with Crippen LogP contribution in [0.3, 0.4) is 0 Å². The summed E-state index contributed by atoms with van der Waals surface area (Å²) in [6.45, 7) is 3.83. The molecular formula is C7H10N2O2. The first-order valence-electron chi connectivity index (χ1n) is 3.42. The Kier molecular flexibility index (Phi) is 1.94. The van der Waals surface area contributed by atoms with E-state index in [-0.39, 0.29) is 6.04 Å². The third-order valence-electron chi connectivity index (χ3n) is 1.40. The lowest BCUT2D eigenvalue weighted by molar-refractivity contribution is 0.512. The number of H-pyrrole nitrogens is 1. The maximum Gasteiger partial charge on any atom is 0.310 e. The van der Waals surface area contributed by atoms with Crippen LogP contribution in [0.25, 0.3) is 0 Å². The molecule has 1 aromatic heterocycles. The average molecular weight is 154 g/mol. The van der Waals surface area contributed by atoms with E-state index in [4.69, 9.17) is 0 Å². The van der Waals surface area contributed by atoms with Gasteiger partial charge in [-0.25, -0.2) is 0 Å². The molecule has 11 heavy (non-hydrogen) atoms. The zero-order chi connectivity index (χ0) is 8.43. The molecule has 60 valence electrons. The molecule has 0 unspecified atom stereocenters. The maximum atomic E-state index is 10.8. The molecule has 0 fully saturated rings. The van der Waals surface area contributed by atoms with Crippen LogP contribution in [-0.2, 0) is 0 Å². The van der Waals surface area contributed by atoms with Gasteiger partial charge in [-0.3, -0.25) is 19.4 Å². The van der Waals surface area contributed by atoms with Crippen LogP contribution >= 0.6 is 0 Å². The van der Waals surface area contributed by atoms with Crippen molar-refractivity contribution >= 4 is 0 Å². The highest BCUT2D eigenvalue weighted by molar-refractivity contribution is 4.87. The molecule has 0 atom stereocenters. The predicted molar refractivity (Wildman–Crippen MR) is 41.7 cm³/mol. The lowest BCUT2D eigenvalue weighted by Gasteiger charge is -2.07. The first-order chi connectivity index (χ1) is 5.11. The molecule has 1 N–H and O–H groups in total. The molecule has 0 bridgehead atoms. The van der Waals surface area contributed by atoms with Crippen molar-refractivity contribution < 1.29 is 0 Å². The van der Waals surface area contributed by atoms with E-state index in [1.54, 1.807) is 10.9 Å². The fourth-order valence-corrected chi connectivity index (χ4v) is 0.735. The Bertz CT molecular complexity index is 348. The molecule has 0 aliphatic rings. The van der Waals surface area contributed by atoms with E-state index in [1.807, 2.05) is 13.8 Å². The van der Waals surface area contributed by atoms with Gasteiger partial charge in [0.2, 0.25) is 5.43 Å². The monoisotopic (exact) mass is 154 g/mol. The molecule has 1 aromatic rings. The van der Waals surface area contributed by atoms with E-state index in [1.165, 1.54) is 6.07 Å². The largest absolute Gasteiger partial charge is 0.310 e. The Morgan fingerprint density at radius 1 is 1.45 bits per heavy atom. The second kappa shape index (κ2) is 2.74. The average Bonchev–Trinajstić information content (AvgIpc) is 1.94. The van der Waals surface area contributed by atoms with Crippen LogP contribution < -0.4 is 11.0 Å². The molecule has 0 radical (unpaired) electrons. The fraction of sp³-hybridized carbons (Fsp3) is 0.429. The number of aromatic amines is 1. The summed E-state index contributed by atoms with van der Waals surface area (Å²) < 4.78 is 1.59. The number of nitrogens with one attached hydrogen (secondary N) is 1. The molecular weight excluding hydrogens is 144 g/mol. The third-order valence-corrected chi connectivity index (χ3v) is 1.40. The van der Waals surface area contributed by atoms with Gasteiger partial charge in [0.1, 0.15) is 0 Å². The van der Waals surface area contributed by atoms with Crippen LogP contribution in [-0.4, -0.2) is 9.78 Å². The van der Waals surface area contributed by atoms with Crippen molar-refractivity contribution in [3.63, 3.8) is 0 Å². The van der Waals surface area contributed by atoms with E-state index in [2.05, 4.69) is 5.10 Å². The minimum atomic E-state index is -0.568. The molecule has 0 saturated carbocycles. The van der Waals surface area contributed by atoms with Crippen LogP contribution in [0.1, 0.15) is 19.9 Å².